The van der Waals surface area contributed by atoms with Crippen molar-refractivity contribution in [1.29, 1.82) is 5.26 Å². The van der Waals surface area contributed by atoms with Crippen LogP contribution in [0.1, 0.15) is 58.6 Å². The first kappa shape index (κ1) is 30.9. The number of esters is 1. The lowest BCUT2D eigenvalue weighted by atomic mass is 9.94. The molecule has 2 aliphatic rings. The number of carbonyl (C=O) groups excluding carboxylic acids is 3. The highest BCUT2D eigenvalue weighted by Crippen LogP contribution is 2.33. The summed E-state index contributed by atoms with van der Waals surface area (Å²) in [6.45, 7) is 10.1. The normalized spacial score (nSPS) is 20.8. The third-order valence-corrected chi connectivity index (χ3v) is 7.68. The molecule has 2 amide bonds. The SMILES string of the molecule is CC1(C)COC(=O)[C@@H]2CCCN(N2)C(=O)[C@@H](NC(=O)OC(C)(C)C)Cc2cc(O)cc(c2)-c2ccc3c(C#N)cn(c3c2)C1. The molecule has 0 radical (unpaired) electrons. The summed E-state index contributed by atoms with van der Waals surface area (Å²) in [4.78, 5) is 39.9. The zero-order chi connectivity index (χ0) is 31.8. The van der Waals surface area contributed by atoms with E-state index in [1.54, 1.807) is 32.9 Å². The standard InChI is InChI=1S/C33H39N5O6/c1-32(2,3)44-31(42)35-27-13-20-11-22(14-24(39)12-20)21-8-9-25-23(16-34)17-37(28(25)15-21)18-33(4,5)19-43-30(41)26-7-6-10-38(36-26)29(27)40/h8-9,11-12,14-15,17,26-27,36,39H,6-7,10,13,18-19H2,1-5H3,(H,35,42)/t26-,27-/m0/s1. The minimum absolute atomic E-state index is 0.00334. The number of amides is 2. The second kappa shape index (κ2) is 11.8. The summed E-state index contributed by atoms with van der Waals surface area (Å²) in [5, 5.41) is 25.4. The van der Waals surface area contributed by atoms with E-state index < -0.39 is 41.1 Å². The highest BCUT2D eigenvalue weighted by Gasteiger charge is 2.35. The van der Waals surface area contributed by atoms with E-state index in [0.29, 0.717) is 42.6 Å². The predicted molar refractivity (Wildman–Crippen MR) is 163 cm³/mol. The third-order valence-electron chi connectivity index (χ3n) is 7.68. The van der Waals surface area contributed by atoms with Gasteiger partial charge in [0, 0.05) is 36.5 Å². The van der Waals surface area contributed by atoms with Crippen molar-refractivity contribution in [2.24, 2.45) is 5.41 Å². The van der Waals surface area contributed by atoms with Crippen molar-refractivity contribution in [2.45, 2.75) is 78.1 Å². The first-order valence-corrected chi connectivity index (χ1v) is 14.8. The van der Waals surface area contributed by atoms with Gasteiger partial charge in [0.25, 0.3) is 5.91 Å². The Bertz CT molecular complexity index is 1650. The minimum atomic E-state index is -1.06. The fourth-order valence-electron chi connectivity index (χ4n) is 5.71. The van der Waals surface area contributed by atoms with Crippen LogP contribution in [0.15, 0.2) is 42.6 Å². The van der Waals surface area contributed by atoms with Crippen molar-refractivity contribution in [3.63, 3.8) is 0 Å². The van der Waals surface area contributed by atoms with Crippen LogP contribution in [0.3, 0.4) is 0 Å². The summed E-state index contributed by atoms with van der Waals surface area (Å²) >= 11 is 0. The lowest BCUT2D eigenvalue weighted by Crippen LogP contribution is -2.60. The smallest absolute Gasteiger partial charge is 0.408 e. The van der Waals surface area contributed by atoms with Crippen molar-refractivity contribution in [3.8, 4) is 22.9 Å². The molecule has 2 atom stereocenters. The number of hydrogen-bond donors (Lipinski definition) is 3. The summed E-state index contributed by atoms with van der Waals surface area (Å²) in [6.07, 6.45) is 2.15. The van der Waals surface area contributed by atoms with Gasteiger partial charge in [-0.3, -0.25) is 14.6 Å². The molecule has 1 aromatic heterocycles. The van der Waals surface area contributed by atoms with Gasteiger partial charge >= 0.3 is 12.1 Å². The molecule has 11 nitrogen and oxygen atoms in total. The highest BCUT2D eigenvalue weighted by atomic mass is 16.6. The van der Waals surface area contributed by atoms with Gasteiger partial charge in [-0.25, -0.2) is 10.2 Å². The number of alkyl carbamates (subject to hydrolysis) is 1. The van der Waals surface area contributed by atoms with Crippen LogP contribution in [0.2, 0.25) is 0 Å². The Morgan fingerprint density at radius 3 is 2.68 bits per heavy atom. The van der Waals surface area contributed by atoms with Crippen LogP contribution in [0.4, 0.5) is 4.79 Å². The van der Waals surface area contributed by atoms with E-state index in [2.05, 4.69) is 16.8 Å². The van der Waals surface area contributed by atoms with Gasteiger partial charge in [-0.1, -0.05) is 32.0 Å². The Labute approximate surface area is 256 Å². The van der Waals surface area contributed by atoms with E-state index >= 15 is 0 Å². The number of hydrogen-bond acceptors (Lipinski definition) is 8. The van der Waals surface area contributed by atoms with Gasteiger partial charge in [0.05, 0.1) is 17.7 Å². The summed E-state index contributed by atoms with van der Waals surface area (Å²) in [5.74, 6) is -0.907. The number of phenols is 1. The predicted octanol–water partition coefficient (Wildman–Crippen LogP) is 4.40. The summed E-state index contributed by atoms with van der Waals surface area (Å²) in [7, 11) is 0. The van der Waals surface area contributed by atoms with Crippen LogP contribution in [0.5, 0.6) is 5.75 Å². The van der Waals surface area contributed by atoms with E-state index in [4.69, 9.17) is 9.47 Å². The average molecular weight is 602 g/mol. The molecular formula is C33H39N5O6. The fraction of sp³-hybridized carbons (Fsp3) is 0.455. The summed E-state index contributed by atoms with van der Waals surface area (Å²) in [5.41, 5.74) is 5.22. The molecule has 232 valence electrons. The second-order valence-corrected chi connectivity index (χ2v) is 13.4. The number of rotatable bonds is 1. The van der Waals surface area contributed by atoms with Gasteiger partial charge in [0.1, 0.15) is 29.5 Å². The van der Waals surface area contributed by atoms with Crippen LogP contribution in [-0.2, 0) is 32.0 Å². The average Bonchev–Trinajstić information content (AvgIpc) is 3.29. The molecule has 0 saturated carbocycles. The number of nitriles is 1. The largest absolute Gasteiger partial charge is 0.508 e. The number of phenolic OH excluding ortho intramolecular Hbond substituents is 1. The number of ether oxygens (including phenoxy) is 2. The molecule has 3 heterocycles. The van der Waals surface area contributed by atoms with Crippen molar-refractivity contribution >= 4 is 28.9 Å². The van der Waals surface area contributed by atoms with E-state index in [9.17, 15) is 24.8 Å². The van der Waals surface area contributed by atoms with E-state index in [-0.39, 0.29) is 18.8 Å². The van der Waals surface area contributed by atoms with E-state index in [1.807, 2.05) is 48.9 Å². The molecule has 0 aliphatic carbocycles. The molecule has 3 N–H and O–H groups in total. The van der Waals surface area contributed by atoms with Crippen LogP contribution >= 0.6 is 0 Å². The summed E-state index contributed by atoms with van der Waals surface area (Å²) < 4.78 is 13.2. The monoisotopic (exact) mass is 601 g/mol. The van der Waals surface area contributed by atoms with Crippen LogP contribution in [-0.4, -0.2) is 63.5 Å². The van der Waals surface area contributed by atoms with Gasteiger partial charge in [-0.15, -0.1) is 0 Å². The topological polar surface area (TPSA) is 146 Å². The molecule has 2 aromatic carbocycles. The molecule has 6 bridgehead atoms. The maximum Gasteiger partial charge on any atom is 0.408 e. The zero-order valence-corrected chi connectivity index (χ0v) is 25.8. The van der Waals surface area contributed by atoms with Gasteiger partial charge in [-0.2, -0.15) is 5.26 Å². The number of nitrogens with one attached hydrogen (secondary N) is 2. The molecule has 44 heavy (non-hydrogen) atoms. The lowest BCUT2D eigenvalue weighted by molar-refractivity contribution is -0.155. The minimum Gasteiger partial charge on any atom is -0.508 e. The van der Waals surface area contributed by atoms with Crippen LogP contribution in [0.25, 0.3) is 22.0 Å². The number of nitrogens with zero attached hydrogens (tertiary/aromatic N) is 3. The molecule has 1 fully saturated rings. The van der Waals surface area contributed by atoms with Crippen molar-refractivity contribution in [3.05, 3.63) is 53.7 Å². The van der Waals surface area contributed by atoms with Crippen molar-refractivity contribution in [1.82, 2.24) is 20.3 Å². The number of cyclic esters (lactones) is 1. The molecule has 1 saturated heterocycles. The van der Waals surface area contributed by atoms with Crippen molar-refractivity contribution in [2.75, 3.05) is 13.2 Å². The second-order valence-electron chi connectivity index (χ2n) is 13.4. The lowest BCUT2D eigenvalue weighted by Gasteiger charge is -2.35. The van der Waals surface area contributed by atoms with Gasteiger partial charge in [-0.05, 0) is 68.5 Å². The van der Waals surface area contributed by atoms with E-state index in [1.165, 1.54) is 5.01 Å². The van der Waals surface area contributed by atoms with Crippen LogP contribution in [0, 0.1) is 16.7 Å². The van der Waals surface area contributed by atoms with Gasteiger partial charge in [0.15, 0.2) is 0 Å². The molecule has 5 rings (SSSR count). The number of hydrazine groups is 1. The summed E-state index contributed by atoms with van der Waals surface area (Å²) in [6, 6.07) is 11.3. The molecule has 0 spiro atoms. The van der Waals surface area contributed by atoms with Crippen molar-refractivity contribution < 1.29 is 29.0 Å². The number of aromatic hydroxyl groups is 1. The first-order valence-electron chi connectivity index (χ1n) is 14.8. The zero-order valence-electron chi connectivity index (χ0n) is 25.8. The maximum atomic E-state index is 13.9. The molecule has 0 unspecified atom stereocenters. The van der Waals surface area contributed by atoms with Gasteiger partial charge in [0.2, 0.25) is 0 Å². The molecule has 3 aromatic rings. The Morgan fingerprint density at radius 1 is 1.18 bits per heavy atom. The molecule has 2 aliphatic heterocycles. The highest BCUT2D eigenvalue weighted by molar-refractivity contribution is 5.91. The van der Waals surface area contributed by atoms with E-state index in [0.717, 1.165) is 16.5 Å². The van der Waals surface area contributed by atoms with Crippen LogP contribution < -0.4 is 10.7 Å². The fourth-order valence-corrected chi connectivity index (χ4v) is 5.71. The van der Waals surface area contributed by atoms with Gasteiger partial charge < -0.3 is 24.5 Å². The quantitative estimate of drug-likeness (QED) is 0.348. The molecule has 11 heteroatoms. The number of aromatic nitrogens is 1. The Kier molecular flexibility index (Phi) is 8.32. The maximum absolute atomic E-state index is 13.9. The first-order chi connectivity index (χ1) is 20.7. The third kappa shape index (κ3) is 6.97. The Balaban J connectivity index is 1.60. The number of benzene rings is 2. The Hall–Kier alpha value is -4.56. The number of carbonyl (C=O) groups is 3. The Morgan fingerprint density at radius 2 is 1.95 bits per heavy atom. The number of fused-ring (bicyclic) bond motifs is 6. The molecular weight excluding hydrogens is 562 g/mol.